The summed E-state index contributed by atoms with van der Waals surface area (Å²) in [4.78, 5) is 2.29. The van der Waals surface area contributed by atoms with Crippen molar-refractivity contribution < 1.29 is 9.84 Å². The molecule has 2 rings (SSSR count). The van der Waals surface area contributed by atoms with Crippen molar-refractivity contribution in [3.8, 4) is 0 Å². The number of hydrazine groups is 1. The molecule has 5 nitrogen and oxygen atoms in total. The molecule has 0 spiro atoms. The number of rotatable bonds is 7. The van der Waals surface area contributed by atoms with E-state index in [1.54, 1.807) is 0 Å². The third kappa shape index (κ3) is 5.90. The van der Waals surface area contributed by atoms with Crippen molar-refractivity contribution in [2.75, 3.05) is 46.4 Å². The fourth-order valence-corrected chi connectivity index (χ4v) is 2.37. The van der Waals surface area contributed by atoms with Crippen LogP contribution in [0.5, 0.6) is 0 Å². The van der Waals surface area contributed by atoms with E-state index in [0.717, 1.165) is 31.7 Å². The zero-order chi connectivity index (χ0) is 15.1. The molecule has 1 fully saturated rings. The first-order valence-corrected chi connectivity index (χ1v) is 7.69. The summed E-state index contributed by atoms with van der Waals surface area (Å²) in [7, 11) is 2.12. The first-order chi connectivity index (χ1) is 10.1. The lowest BCUT2D eigenvalue weighted by molar-refractivity contribution is 0.0111. The fraction of sp³-hybridized carbons (Fsp3) is 0.600. The molecule has 6 heteroatoms. The van der Waals surface area contributed by atoms with Crippen molar-refractivity contribution in [2.24, 2.45) is 0 Å². The summed E-state index contributed by atoms with van der Waals surface area (Å²) in [5.41, 5.74) is 4.20. The number of aliphatic hydroxyl groups is 1. The minimum atomic E-state index is -0.521. The highest BCUT2D eigenvalue weighted by Crippen LogP contribution is 2.15. The number of nitrogens with zero attached hydrogens (tertiary/aromatic N) is 2. The monoisotopic (exact) mass is 313 g/mol. The maximum Gasteiger partial charge on any atom is 0.0911 e. The van der Waals surface area contributed by atoms with E-state index in [-0.39, 0.29) is 0 Å². The number of benzene rings is 1. The molecule has 1 aliphatic rings. The van der Waals surface area contributed by atoms with Crippen molar-refractivity contribution in [1.29, 1.82) is 0 Å². The van der Waals surface area contributed by atoms with E-state index < -0.39 is 6.10 Å². The smallest absolute Gasteiger partial charge is 0.0911 e. The fourth-order valence-electron chi connectivity index (χ4n) is 2.18. The van der Waals surface area contributed by atoms with Crippen molar-refractivity contribution in [2.45, 2.75) is 12.7 Å². The summed E-state index contributed by atoms with van der Waals surface area (Å²) in [5.74, 6) is 0. The lowest BCUT2D eigenvalue weighted by Crippen LogP contribution is -2.52. The Kier molecular flexibility index (Phi) is 6.89. The molecule has 2 N–H and O–H groups in total. The van der Waals surface area contributed by atoms with Gasteiger partial charge in [0.25, 0.3) is 0 Å². The van der Waals surface area contributed by atoms with E-state index in [2.05, 4.69) is 22.4 Å². The Balaban J connectivity index is 1.59. The van der Waals surface area contributed by atoms with Crippen LogP contribution in [0.2, 0.25) is 5.02 Å². The van der Waals surface area contributed by atoms with Crippen LogP contribution in [0.4, 0.5) is 0 Å². The van der Waals surface area contributed by atoms with Crippen molar-refractivity contribution in [3.05, 3.63) is 34.9 Å². The van der Waals surface area contributed by atoms with Crippen LogP contribution in [-0.2, 0) is 11.3 Å². The van der Waals surface area contributed by atoms with E-state index in [1.165, 1.54) is 0 Å². The van der Waals surface area contributed by atoms with Crippen LogP contribution in [0.25, 0.3) is 0 Å². The van der Waals surface area contributed by atoms with Crippen LogP contribution >= 0.6 is 11.6 Å². The van der Waals surface area contributed by atoms with Gasteiger partial charge in [0.15, 0.2) is 0 Å². The molecule has 0 bridgehead atoms. The lowest BCUT2D eigenvalue weighted by atomic mass is 10.2. The summed E-state index contributed by atoms with van der Waals surface area (Å²) in [6.07, 6.45) is -0.521. The van der Waals surface area contributed by atoms with Crippen LogP contribution in [0, 0.1) is 0 Å². The van der Waals surface area contributed by atoms with Gasteiger partial charge in [0, 0.05) is 37.7 Å². The number of piperazine rings is 1. The van der Waals surface area contributed by atoms with Crippen LogP contribution in [0.3, 0.4) is 0 Å². The maximum absolute atomic E-state index is 9.92. The second kappa shape index (κ2) is 8.68. The quantitative estimate of drug-likeness (QED) is 0.785. The van der Waals surface area contributed by atoms with E-state index in [0.29, 0.717) is 24.8 Å². The summed E-state index contributed by atoms with van der Waals surface area (Å²) in [6, 6.07) is 7.58. The number of ether oxygens (including phenoxy) is 1. The molecule has 1 aromatic rings. The number of likely N-dealkylation sites (N-methyl/N-ethyl adjacent to an activating group) is 1. The molecule has 0 aliphatic carbocycles. The lowest BCUT2D eigenvalue weighted by Gasteiger charge is -2.33. The highest BCUT2D eigenvalue weighted by Gasteiger charge is 2.14. The first-order valence-electron chi connectivity index (χ1n) is 7.31. The van der Waals surface area contributed by atoms with Gasteiger partial charge in [0.1, 0.15) is 0 Å². The second-order valence-corrected chi connectivity index (χ2v) is 5.82. The molecule has 0 aromatic heterocycles. The van der Waals surface area contributed by atoms with Crippen molar-refractivity contribution in [1.82, 2.24) is 15.3 Å². The second-order valence-electron chi connectivity index (χ2n) is 5.41. The molecule has 1 aliphatic heterocycles. The number of halogens is 1. The van der Waals surface area contributed by atoms with E-state index in [9.17, 15) is 5.11 Å². The number of hydrogen-bond acceptors (Lipinski definition) is 5. The Hall–Kier alpha value is -0.690. The zero-order valence-electron chi connectivity index (χ0n) is 12.5. The van der Waals surface area contributed by atoms with Gasteiger partial charge >= 0.3 is 0 Å². The molecule has 1 saturated heterocycles. The van der Waals surface area contributed by atoms with E-state index >= 15 is 0 Å². The van der Waals surface area contributed by atoms with Crippen LogP contribution in [0.1, 0.15) is 5.56 Å². The van der Waals surface area contributed by atoms with Gasteiger partial charge in [-0.25, -0.2) is 5.01 Å². The molecule has 0 radical (unpaired) electrons. The standard InChI is InChI=1S/C15H24ClN3O2/c1-18-6-8-19(9-7-18)17-10-14(20)12-21-11-13-4-2-3-5-15(13)16/h2-5,14,17,20H,6-12H2,1H3. The van der Waals surface area contributed by atoms with Crippen molar-refractivity contribution >= 4 is 11.6 Å². The minimum Gasteiger partial charge on any atom is -0.389 e. The molecule has 118 valence electrons. The highest BCUT2D eigenvalue weighted by molar-refractivity contribution is 6.31. The number of hydrogen-bond donors (Lipinski definition) is 2. The van der Waals surface area contributed by atoms with E-state index in [4.69, 9.17) is 16.3 Å². The molecule has 1 atom stereocenters. The average molecular weight is 314 g/mol. The van der Waals surface area contributed by atoms with Gasteiger partial charge in [-0.2, -0.15) is 0 Å². The Bertz CT molecular complexity index is 425. The topological polar surface area (TPSA) is 48.0 Å². The molecule has 1 unspecified atom stereocenters. The third-order valence-electron chi connectivity index (χ3n) is 3.58. The Morgan fingerprint density at radius 3 is 2.71 bits per heavy atom. The van der Waals surface area contributed by atoms with E-state index in [1.807, 2.05) is 24.3 Å². The van der Waals surface area contributed by atoms with Gasteiger partial charge < -0.3 is 14.7 Å². The summed E-state index contributed by atoms with van der Waals surface area (Å²) < 4.78 is 5.52. The van der Waals surface area contributed by atoms with Crippen molar-refractivity contribution in [3.63, 3.8) is 0 Å². The van der Waals surface area contributed by atoms with Crippen LogP contribution in [-0.4, -0.2) is 67.5 Å². The normalized spacial score (nSPS) is 18.8. The Morgan fingerprint density at radius 1 is 1.29 bits per heavy atom. The number of nitrogens with one attached hydrogen (secondary N) is 1. The third-order valence-corrected chi connectivity index (χ3v) is 3.95. The predicted molar refractivity (Wildman–Crippen MR) is 84.2 cm³/mol. The SMILES string of the molecule is CN1CCN(NCC(O)COCc2ccccc2Cl)CC1. The molecule has 0 saturated carbocycles. The minimum absolute atomic E-state index is 0.298. The van der Waals surface area contributed by atoms with Crippen LogP contribution < -0.4 is 5.43 Å². The molecular formula is C15H24ClN3O2. The molecule has 1 aromatic carbocycles. The van der Waals surface area contributed by atoms with Crippen LogP contribution in [0.15, 0.2) is 24.3 Å². The Morgan fingerprint density at radius 2 is 2.00 bits per heavy atom. The van der Waals surface area contributed by atoms with Gasteiger partial charge in [-0.1, -0.05) is 29.8 Å². The van der Waals surface area contributed by atoms with Gasteiger partial charge in [0.2, 0.25) is 0 Å². The first kappa shape index (κ1) is 16.7. The largest absolute Gasteiger partial charge is 0.389 e. The van der Waals surface area contributed by atoms with Gasteiger partial charge in [-0.05, 0) is 18.7 Å². The summed E-state index contributed by atoms with van der Waals surface area (Å²) >= 11 is 6.05. The molecule has 0 amide bonds. The molecule has 1 heterocycles. The zero-order valence-corrected chi connectivity index (χ0v) is 13.2. The number of aliphatic hydroxyl groups excluding tert-OH is 1. The predicted octanol–water partition coefficient (Wildman–Crippen LogP) is 0.970. The Labute approximate surface area is 131 Å². The molecule has 21 heavy (non-hydrogen) atoms. The average Bonchev–Trinajstić information content (AvgIpc) is 2.49. The van der Waals surface area contributed by atoms with Gasteiger partial charge in [0.05, 0.1) is 19.3 Å². The highest BCUT2D eigenvalue weighted by atomic mass is 35.5. The summed E-state index contributed by atoms with van der Waals surface area (Å²) in [5, 5.41) is 12.8. The molecular weight excluding hydrogens is 290 g/mol. The van der Waals surface area contributed by atoms with Gasteiger partial charge in [-0.3, -0.25) is 5.43 Å². The van der Waals surface area contributed by atoms with Gasteiger partial charge in [-0.15, -0.1) is 0 Å². The maximum atomic E-state index is 9.92. The summed E-state index contributed by atoms with van der Waals surface area (Å²) in [6.45, 7) is 5.27.